The van der Waals surface area contributed by atoms with Crippen LogP contribution in [0.5, 0.6) is 0 Å². The maximum Gasteiger partial charge on any atom is 0.304 e. The number of nitrogens with zero attached hydrogens (tertiary/aromatic N) is 1. The summed E-state index contributed by atoms with van der Waals surface area (Å²) in [6, 6.07) is 23.4. The van der Waals surface area contributed by atoms with E-state index in [2.05, 4.69) is 11.4 Å². The third kappa shape index (κ3) is 4.86. The van der Waals surface area contributed by atoms with Gasteiger partial charge in [0, 0.05) is 30.0 Å². The van der Waals surface area contributed by atoms with Gasteiger partial charge < -0.3 is 15.2 Å². The Morgan fingerprint density at radius 2 is 1.80 bits per heavy atom. The van der Waals surface area contributed by atoms with E-state index in [1.807, 2.05) is 61.5 Å². The van der Waals surface area contributed by atoms with Crippen LogP contribution in [0.2, 0.25) is 0 Å². The van der Waals surface area contributed by atoms with Crippen LogP contribution in [0.25, 0.3) is 11.1 Å². The quantitative estimate of drug-likeness (QED) is 0.523. The van der Waals surface area contributed by atoms with Crippen molar-refractivity contribution in [2.75, 3.05) is 19.0 Å². The van der Waals surface area contributed by atoms with E-state index in [4.69, 9.17) is 10.00 Å². The molecule has 0 fully saturated rings. The topological polar surface area (TPSA) is 82.3 Å². The number of anilines is 2. The summed E-state index contributed by atoms with van der Waals surface area (Å²) in [4.78, 5) is 11.4. The molecule has 3 aromatic carbocycles. The van der Waals surface area contributed by atoms with Crippen molar-refractivity contribution in [3.63, 3.8) is 0 Å². The second-order valence-corrected chi connectivity index (χ2v) is 7.13. The van der Waals surface area contributed by atoms with Crippen LogP contribution in [0, 0.1) is 18.3 Å². The number of hydrogen-bond donors (Lipinski definition) is 2. The second-order valence-electron chi connectivity index (χ2n) is 7.13. The Balaban J connectivity index is 2.11. The normalized spacial score (nSPS) is 11.5. The smallest absolute Gasteiger partial charge is 0.304 e. The van der Waals surface area contributed by atoms with Gasteiger partial charge in [-0.05, 0) is 47.9 Å². The molecule has 3 aromatic rings. The molecule has 3 rings (SSSR count). The molecule has 0 bridgehead atoms. The number of carbonyl (C=O) groups is 1. The molecular weight excluding hydrogens is 376 g/mol. The Kier molecular flexibility index (Phi) is 6.84. The molecule has 0 amide bonds. The molecular formula is C25H24N2O3. The van der Waals surface area contributed by atoms with E-state index < -0.39 is 5.97 Å². The average Bonchev–Trinajstić information content (AvgIpc) is 2.75. The number of carboxylic acid groups (broad SMARTS) is 1. The summed E-state index contributed by atoms with van der Waals surface area (Å²) in [5.41, 5.74) is 6.36. The zero-order valence-corrected chi connectivity index (χ0v) is 17.1. The van der Waals surface area contributed by atoms with Crippen molar-refractivity contribution in [1.82, 2.24) is 0 Å². The van der Waals surface area contributed by atoms with Gasteiger partial charge in [-0.2, -0.15) is 5.26 Å². The van der Waals surface area contributed by atoms with Gasteiger partial charge in [-0.25, -0.2) is 0 Å². The molecule has 5 nitrogen and oxygen atoms in total. The fourth-order valence-electron chi connectivity index (χ4n) is 3.63. The lowest BCUT2D eigenvalue weighted by Gasteiger charge is -2.23. The number of rotatable bonds is 8. The minimum atomic E-state index is -0.856. The number of carboxylic acids is 1. The predicted octanol–water partition coefficient (Wildman–Crippen LogP) is 5.48. The monoisotopic (exact) mass is 400 g/mol. The third-order valence-electron chi connectivity index (χ3n) is 5.10. The largest absolute Gasteiger partial charge is 0.481 e. The van der Waals surface area contributed by atoms with E-state index in [1.165, 1.54) is 0 Å². The molecule has 0 spiro atoms. The Hall–Kier alpha value is -3.62. The van der Waals surface area contributed by atoms with Crippen LogP contribution in [0.4, 0.5) is 11.4 Å². The van der Waals surface area contributed by atoms with Crippen LogP contribution >= 0.6 is 0 Å². The van der Waals surface area contributed by atoms with E-state index in [-0.39, 0.29) is 12.3 Å². The Labute approximate surface area is 176 Å². The predicted molar refractivity (Wildman–Crippen MR) is 118 cm³/mol. The molecule has 2 N–H and O–H groups in total. The third-order valence-corrected chi connectivity index (χ3v) is 5.10. The Morgan fingerprint density at radius 3 is 2.40 bits per heavy atom. The highest BCUT2D eigenvalue weighted by Gasteiger charge is 2.21. The van der Waals surface area contributed by atoms with Crippen LogP contribution in [-0.4, -0.2) is 24.8 Å². The number of methoxy groups -OCH3 is 1. The van der Waals surface area contributed by atoms with Crippen molar-refractivity contribution in [1.29, 1.82) is 5.26 Å². The zero-order valence-electron chi connectivity index (χ0n) is 17.1. The first kappa shape index (κ1) is 21.1. The molecule has 0 aromatic heterocycles. The van der Waals surface area contributed by atoms with E-state index >= 15 is 0 Å². The van der Waals surface area contributed by atoms with E-state index in [0.29, 0.717) is 12.2 Å². The number of nitriles is 1. The average molecular weight is 400 g/mol. The number of nitrogens with one attached hydrogen (secondary N) is 1. The first-order valence-electron chi connectivity index (χ1n) is 9.70. The molecule has 0 aliphatic rings. The highest BCUT2D eigenvalue weighted by Crippen LogP contribution is 2.38. The van der Waals surface area contributed by atoms with Gasteiger partial charge in [-0.15, -0.1) is 0 Å². The Bertz CT molecular complexity index is 1050. The molecule has 0 heterocycles. The maximum atomic E-state index is 11.4. The lowest BCUT2D eigenvalue weighted by molar-refractivity contribution is -0.137. The number of hydrogen-bond acceptors (Lipinski definition) is 4. The molecule has 152 valence electrons. The maximum absolute atomic E-state index is 11.4. The number of aliphatic carboxylic acids is 1. The summed E-state index contributed by atoms with van der Waals surface area (Å²) in [5, 5.41) is 21.9. The summed E-state index contributed by atoms with van der Waals surface area (Å²) in [6.45, 7) is 2.33. The van der Waals surface area contributed by atoms with Crippen molar-refractivity contribution < 1.29 is 14.6 Å². The fraction of sp³-hybridized carbons (Fsp3) is 0.200. The molecule has 0 aliphatic carbocycles. The minimum absolute atomic E-state index is 0.00430. The lowest BCUT2D eigenvalue weighted by atomic mass is 9.88. The summed E-state index contributed by atoms with van der Waals surface area (Å²) >= 11 is 0. The zero-order chi connectivity index (χ0) is 21.5. The SMILES string of the molecule is COC[C@@H](CC(=O)O)c1ccc(-c2ccccc2)c(Nc2ccc(C#N)cc2)c1C. The summed E-state index contributed by atoms with van der Waals surface area (Å²) < 4.78 is 5.30. The van der Waals surface area contributed by atoms with Gasteiger partial charge in [0.15, 0.2) is 0 Å². The van der Waals surface area contributed by atoms with Gasteiger partial charge in [-0.3, -0.25) is 4.79 Å². The molecule has 0 saturated carbocycles. The summed E-state index contributed by atoms with van der Waals surface area (Å²) in [5.74, 6) is -1.11. The fourth-order valence-corrected chi connectivity index (χ4v) is 3.63. The van der Waals surface area contributed by atoms with E-state index in [1.54, 1.807) is 19.2 Å². The van der Waals surface area contributed by atoms with Crippen LogP contribution in [0.3, 0.4) is 0 Å². The van der Waals surface area contributed by atoms with Gasteiger partial charge in [0.05, 0.1) is 24.7 Å². The number of ether oxygens (including phenoxy) is 1. The van der Waals surface area contributed by atoms with Gasteiger partial charge in [0.25, 0.3) is 0 Å². The molecule has 30 heavy (non-hydrogen) atoms. The van der Waals surface area contributed by atoms with Crippen molar-refractivity contribution in [2.24, 2.45) is 0 Å². The lowest BCUT2D eigenvalue weighted by Crippen LogP contribution is -2.14. The van der Waals surface area contributed by atoms with Crippen LogP contribution in [-0.2, 0) is 9.53 Å². The highest BCUT2D eigenvalue weighted by molar-refractivity contribution is 5.84. The van der Waals surface area contributed by atoms with E-state index in [9.17, 15) is 9.90 Å². The number of benzene rings is 3. The van der Waals surface area contributed by atoms with Crippen LogP contribution < -0.4 is 5.32 Å². The summed E-state index contributed by atoms with van der Waals surface area (Å²) in [6.07, 6.45) is -0.00430. The molecule has 1 atom stereocenters. The minimum Gasteiger partial charge on any atom is -0.481 e. The van der Waals surface area contributed by atoms with Crippen LogP contribution in [0.1, 0.15) is 29.0 Å². The molecule has 5 heteroatoms. The van der Waals surface area contributed by atoms with Crippen molar-refractivity contribution >= 4 is 17.3 Å². The van der Waals surface area contributed by atoms with Gasteiger partial charge in [0.1, 0.15) is 0 Å². The van der Waals surface area contributed by atoms with E-state index in [0.717, 1.165) is 33.6 Å². The van der Waals surface area contributed by atoms with Crippen molar-refractivity contribution in [3.05, 3.63) is 83.4 Å². The summed E-state index contributed by atoms with van der Waals surface area (Å²) in [7, 11) is 1.58. The molecule has 0 radical (unpaired) electrons. The molecule has 0 saturated heterocycles. The van der Waals surface area contributed by atoms with Crippen molar-refractivity contribution in [3.8, 4) is 17.2 Å². The Morgan fingerprint density at radius 1 is 1.10 bits per heavy atom. The second kappa shape index (κ2) is 9.73. The highest BCUT2D eigenvalue weighted by atomic mass is 16.5. The van der Waals surface area contributed by atoms with Gasteiger partial charge >= 0.3 is 5.97 Å². The van der Waals surface area contributed by atoms with Gasteiger partial charge in [-0.1, -0.05) is 42.5 Å². The molecule has 0 aliphatic heterocycles. The van der Waals surface area contributed by atoms with Crippen molar-refractivity contribution in [2.45, 2.75) is 19.3 Å². The van der Waals surface area contributed by atoms with Crippen LogP contribution in [0.15, 0.2) is 66.7 Å². The standard InChI is InChI=1S/C25H24N2O3/c1-17-22(20(16-30-2)14-24(28)29)12-13-23(19-6-4-3-5-7-19)25(17)27-21-10-8-18(15-26)9-11-21/h3-13,20,27H,14,16H2,1-2H3,(H,28,29)/t20-/m1/s1. The first-order valence-corrected chi connectivity index (χ1v) is 9.70. The van der Waals surface area contributed by atoms with Gasteiger partial charge in [0.2, 0.25) is 0 Å². The molecule has 0 unspecified atom stereocenters. The first-order chi connectivity index (χ1) is 14.5.